The molecule has 0 atom stereocenters. The summed E-state index contributed by atoms with van der Waals surface area (Å²) in [6.07, 6.45) is 4.01. The number of anilines is 1. The highest BCUT2D eigenvalue weighted by Crippen LogP contribution is 2.41. The lowest BCUT2D eigenvalue weighted by Crippen LogP contribution is -2.49. The Balaban J connectivity index is 1.88. The zero-order valence-corrected chi connectivity index (χ0v) is 18.6. The predicted molar refractivity (Wildman–Crippen MR) is 123 cm³/mol. The molecule has 0 aliphatic carbocycles. The average molecular weight is 410 g/mol. The van der Waals surface area contributed by atoms with Crippen molar-refractivity contribution in [1.82, 2.24) is 5.43 Å². The Bertz CT molecular complexity index is 1010. The number of amides is 1. The van der Waals surface area contributed by atoms with Gasteiger partial charge in [-0.05, 0) is 88.6 Å². The summed E-state index contributed by atoms with van der Waals surface area (Å²) in [4.78, 5) is 14.7. The molecule has 2 aromatic rings. The monoisotopic (exact) mass is 409 g/mol. The minimum Gasteiger partial charge on any atom is -0.360 e. The summed E-state index contributed by atoms with van der Waals surface area (Å²) >= 11 is 5.95. The van der Waals surface area contributed by atoms with Crippen LogP contribution in [0, 0.1) is 6.92 Å². The van der Waals surface area contributed by atoms with Gasteiger partial charge in [0, 0.05) is 27.9 Å². The molecule has 1 N–H and O–H groups in total. The molecule has 0 radical (unpaired) electrons. The van der Waals surface area contributed by atoms with Crippen LogP contribution < -0.4 is 10.3 Å². The van der Waals surface area contributed by atoms with E-state index < -0.39 is 0 Å². The molecule has 152 valence electrons. The maximum Gasteiger partial charge on any atom is 0.271 e. The van der Waals surface area contributed by atoms with Crippen LogP contribution in [0.15, 0.2) is 47.6 Å². The highest BCUT2D eigenvalue weighted by Gasteiger charge is 2.33. The van der Waals surface area contributed by atoms with E-state index in [4.69, 9.17) is 11.6 Å². The van der Waals surface area contributed by atoms with Gasteiger partial charge in [0.1, 0.15) is 0 Å². The minimum absolute atomic E-state index is 0.0434. The second-order valence-electron chi connectivity index (χ2n) is 8.38. The Labute approximate surface area is 178 Å². The van der Waals surface area contributed by atoms with Crippen molar-refractivity contribution in [3.05, 3.63) is 69.8 Å². The van der Waals surface area contributed by atoms with Crippen LogP contribution in [0.5, 0.6) is 0 Å². The molecule has 0 saturated heterocycles. The molecule has 0 saturated carbocycles. The Morgan fingerprint density at radius 2 is 1.93 bits per heavy atom. The Hall–Kier alpha value is -2.59. The van der Waals surface area contributed by atoms with Crippen molar-refractivity contribution in [2.75, 3.05) is 4.90 Å². The van der Waals surface area contributed by atoms with Gasteiger partial charge in [-0.1, -0.05) is 23.7 Å². The fourth-order valence-corrected chi connectivity index (χ4v) is 4.34. The molecule has 1 aliphatic heterocycles. The van der Waals surface area contributed by atoms with E-state index in [-0.39, 0.29) is 11.4 Å². The van der Waals surface area contributed by atoms with Crippen LogP contribution in [0.4, 0.5) is 5.69 Å². The molecule has 1 aliphatic rings. The van der Waals surface area contributed by atoms with Gasteiger partial charge in [-0.2, -0.15) is 5.10 Å². The van der Waals surface area contributed by atoms with Crippen LogP contribution in [0.1, 0.15) is 61.7 Å². The van der Waals surface area contributed by atoms with E-state index in [9.17, 15) is 4.79 Å². The number of hydrogen-bond donors (Lipinski definition) is 1. The summed E-state index contributed by atoms with van der Waals surface area (Å²) in [5.41, 5.74) is 8.79. The van der Waals surface area contributed by atoms with Crippen molar-refractivity contribution in [3.63, 3.8) is 0 Å². The van der Waals surface area contributed by atoms with Gasteiger partial charge < -0.3 is 4.90 Å². The fraction of sp³-hybridized carbons (Fsp3) is 0.333. The molecule has 0 unspecified atom stereocenters. The van der Waals surface area contributed by atoms with E-state index >= 15 is 0 Å². The lowest BCUT2D eigenvalue weighted by atomic mass is 9.86. The number of aryl methyl sites for hydroxylation is 1. The second kappa shape index (κ2) is 8.03. The van der Waals surface area contributed by atoms with Crippen LogP contribution in [0.25, 0.3) is 5.57 Å². The van der Waals surface area contributed by atoms with Crippen LogP contribution in [0.2, 0.25) is 5.02 Å². The maximum absolute atomic E-state index is 12.2. The first-order chi connectivity index (χ1) is 13.6. The first-order valence-electron chi connectivity index (χ1n) is 9.83. The number of nitrogens with one attached hydrogen (secondary N) is 1. The minimum atomic E-state index is -0.289. The van der Waals surface area contributed by atoms with Gasteiger partial charge in [-0.3, -0.25) is 4.79 Å². The standard InChI is InChI=1S/C24H28ClN3O/c1-15(2)28-22-10-16(3)19(12-21(22)17(4)13-24(28,5)6)14-26-27-23(29)18-8-7-9-20(25)11-18/h7-15H,1-6H3,(H,27,29)/b26-14+. The molecule has 0 bridgehead atoms. The molecule has 3 rings (SSSR count). The molecule has 0 aromatic heterocycles. The predicted octanol–water partition coefficient (Wildman–Crippen LogP) is 5.82. The van der Waals surface area contributed by atoms with Crippen molar-refractivity contribution in [3.8, 4) is 0 Å². The summed E-state index contributed by atoms with van der Waals surface area (Å²) in [5.74, 6) is -0.289. The Kier molecular flexibility index (Phi) is 5.85. The number of nitrogens with zero attached hydrogens (tertiary/aromatic N) is 2. The Morgan fingerprint density at radius 3 is 2.59 bits per heavy atom. The molecule has 4 nitrogen and oxygen atoms in total. The summed E-state index contributed by atoms with van der Waals surface area (Å²) in [5, 5.41) is 4.68. The molecular weight excluding hydrogens is 382 g/mol. The number of hydrogen-bond acceptors (Lipinski definition) is 3. The Morgan fingerprint density at radius 1 is 1.21 bits per heavy atom. The van der Waals surface area contributed by atoms with Crippen molar-refractivity contribution in [2.24, 2.45) is 5.10 Å². The lowest BCUT2D eigenvalue weighted by Gasteiger charge is -2.46. The number of hydrazone groups is 1. The molecule has 29 heavy (non-hydrogen) atoms. The molecule has 1 amide bonds. The number of rotatable bonds is 4. The molecular formula is C24H28ClN3O. The van der Waals surface area contributed by atoms with Crippen LogP contribution in [-0.4, -0.2) is 23.7 Å². The van der Waals surface area contributed by atoms with E-state index in [0.717, 1.165) is 11.1 Å². The first kappa shape index (κ1) is 21.1. The number of carbonyl (C=O) groups is 1. The van der Waals surface area contributed by atoms with Crippen molar-refractivity contribution in [2.45, 2.75) is 53.1 Å². The SMILES string of the molecule is CC1=CC(C)(C)N(C(C)C)c2cc(C)c(/C=N/NC(=O)c3cccc(Cl)c3)cc21. The van der Waals surface area contributed by atoms with E-state index in [2.05, 4.69) is 75.2 Å². The third kappa shape index (κ3) is 4.38. The normalized spacial score (nSPS) is 15.4. The van der Waals surface area contributed by atoms with Gasteiger partial charge in [0.2, 0.25) is 0 Å². The summed E-state index contributed by atoms with van der Waals surface area (Å²) < 4.78 is 0. The third-order valence-electron chi connectivity index (χ3n) is 5.23. The third-order valence-corrected chi connectivity index (χ3v) is 5.47. The molecule has 1 heterocycles. The van der Waals surface area contributed by atoms with Crippen LogP contribution in [-0.2, 0) is 0 Å². The average Bonchev–Trinajstić information content (AvgIpc) is 2.61. The van der Waals surface area contributed by atoms with Gasteiger partial charge in [0.05, 0.1) is 11.8 Å². The number of fused-ring (bicyclic) bond motifs is 1. The summed E-state index contributed by atoms with van der Waals surface area (Å²) in [6.45, 7) is 13.1. The summed E-state index contributed by atoms with van der Waals surface area (Å²) in [6, 6.07) is 11.5. The highest BCUT2D eigenvalue weighted by molar-refractivity contribution is 6.30. The van der Waals surface area contributed by atoms with E-state index in [1.165, 1.54) is 16.8 Å². The van der Waals surface area contributed by atoms with Crippen molar-refractivity contribution < 1.29 is 4.79 Å². The number of carbonyl (C=O) groups excluding carboxylic acids is 1. The molecule has 5 heteroatoms. The molecule has 0 spiro atoms. The topological polar surface area (TPSA) is 44.7 Å². The van der Waals surface area contributed by atoms with Gasteiger partial charge >= 0.3 is 0 Å². The van der Waals surface area contributed by atoms with Crippen molar-refractivity contribution >= 4 is 35.0 Å². The highest BCUT2D eigenvalue weighted by atomic mass is 35.5. The zero-order chi connectivity index (χ0) is 21.3. The number of benzene rings is 2. The van der Waals surface area contributed by atoms with E-state index in [0.29, 0.717) is 16.6 Å². The smallest absolute Gasteiger partial charge is 0.271 e. The van der Waals surface area contributed by atoms with E-state index in [1.54, 1.807) is 30.5 Å². The van der Waals surface area contributed by atoms with Gasteiger partial charge in [0.25, 0.3) is 5.91 Å². The van der Waals surface area contributed by atoms with Crippen molar-refractivity contribution in [1.29, 1.82) is 0 Å². The van der Waals surface area contributed by atoms with Gasteiger partial charge in [0.15, 0.2) is 0 Å². The summed E-state index contributed by atoms with van der Waals surface area (Å²) in [7, 11) is 0. The number of allylic oxidation sites excluding steroid dienone is 1. The van der Waals surface area contributed by atoms with E-state index in [1.807, 2.05) is 0 Å². The zero-order valence-electron chi connectivity index (χ0n) is 17.9. The quantitative estimate of drug-likeness (QED) is 0.510. The number of halogens is 1. The van der Waals surface area contributed by atoms with Gasteiger partial charge in [-0.15, -0.1) is 0 Å². The van der Waals surface area contributed by atoms with Crippen LogP contribution in [0.3, 0.4) is 0 Å². The maximum atomic E-state index is 12.2. The second-order valence-corrected chi connectivity index (χ2v) is 8.82. The first-order valence-corrected chi connectivity index (χ1v) is 10.2. The largest absolute Gasteiger partial charge is 0.360 e. The lowest BCUT2D eigenvalue weighted by molar-refractivity contribution is 0.0955. The molecule has 2 aromatic carbocycles. The molecule has 0 fully saturated rings. The van der Waals surface area contributed by atoms with Crippen LogP contribution >= 0.6 is 11.6 Å². The fourth-order valence-electron chi connectivity index (χ4n) is 4.15. The van der Waals surface area contributed by atoms with Gasteiger partial charge in [-0.25, -0.2) is 5.43 Å².